The SMILES string of the molecule is COc1cc(OCc2cccc(-c3ccccc3)c2C#N)c2c(c1COC(=O)CN)CCC2. The molecule has 0 radical (unpaired) electrons. The van der Waals surface area contributed by atoms with Crippen molar-refractivity contribution in [2.24, 2.45) is 5.73 Å². The Morgan fingerprint density at radius 3 is 2.55 bits per heavy atom. The Hall–Kier alpha value is -3.82. The molecule has 3 aromatic rings. The van der Waals surface area contributed by atoms with Gasteiger partial charge in [-0.15, -0.1) is 0 Å². The zero-order chi connectivity index (χ0) is 23.2. The van der Waals surface area contributed by atoms with E-state index >= 15 is 0 Å². The van der Waals surface area contributed by atoms with Crippen molar-refractivity contribution in [2.45, 2.75) is 32.5 Å². The van der Waals surface area contributed by atoms with E-state index in [0.717, 1.165) is 58.4 Å². The standard InChI is InChI=1S/C27H26N2O4/c1-31-25-13-26(22-12-6-11-21(22)24(25)17-33-27(30)15-29)32-16-19-9-5-10-20(23(19)14-28)18-7-3-2-4-8-18/h2-5,7-10,13H,6,11-12,15-17,29H2,1H3. The van der Waals surface area contributed by atoms with E-state index in [4.69, 9.17) is 19.9 Å². The highest BCUT2D eigenvalue weighted by Crippen LogP contribution is 2.40. The molecule has 2 N–H and O–H groups in total. The van der Waals surface area contributed by atoms with E-state index < -0.39 is 5.97 Å². The molecule has 0 spiro atoms. The fraction of sp³-hybridized carbons (Fsp3) is 0.259. The summed E-state index contributed by atoms with van der Waals surface area (Å²) in [7, 11) is 1.59. The average Bonchev–Trinajstić information content (AvgIpc) is 3.36. The van der Waals surface area contributed by atoms with Gasteiger partial charge in [-0.2, -0.15) is 5.26 Å². The Balaban J connectivity index is 1.63. The molecule has 0 saturated carbocycles. The number of fused-ring (bicyclic) bond motifs is 1. The summed E-state index contributed by atoms with van der Waals surface area (Å²) >= 11 is 0. The number of carbonyl (C=O) groups is 1. The van der Waals surface area contributed by atoms with E-state index in [-0.39, 0.29) is 19.8 Å². The molecule has 0 atom stereocenters. The third-order valence-corrected chi connectivity index (χ3v) is 5.93. The van der Waals surface area contributed by atoms with E-state index in [1.165, 1.54) is 0 Å². The van der Waals surface area contributed by atoms with Gasteiger partial charge in [0.2, 0.25) is 0 Å². The van der Waals surface area contributed by atoms with Gasteiger partial charge in [-0.25, -0.2) is 0 Å². The Labute approximate surface area is 193 Å². The van der Waals surface area contributed by atoms with Gasteiger partial charge in [-0.1, -0.05) is 48.5 Å². The van der Waals surface area contributed by atoms with Gasteiger partial charge in [0.15, 0.2) is 0 Å². The second kappa shape index (κ2) is 10.2. The number of nitrogens with zero attached hydrogens (tertiary/aromatic N) is 1. The molecular weight excluding hydrogens is 416 g/mol. The number of carbonyl (C=O) groups excluding carboxylic acids is 1. The van der Waals surface area contributed by atoms with Gasteiger partial charge in [-0.05, 0) is 41.5 Å². The smallest absolute Gasteiger partial charge is 0.320 e. The zero-order valence-electron chi connectivity index (χ0n) is 18.6. The predicted molar refractivity (Wildman–Crippen MR) is 125 cm³/mol. The molecule has 168 valence electrons. The van der Waals surface area contributed by atoms with Gasteiger partial charge in [-0.3, -0.25) is 4.79 Å². The first kappa shape index (κ1) is 22.4. The lowest BCUT2D eigenvalue weighted by atomic mass is 9.96. The number of hydrogen-bond donors (Lipinski definition) is 1. The molecule has 6 heteroatoms. The lowest BCUT2D eigenvalue weighted by molar-refractivity contribution is -0.143. The second-order valence-corrected chi connectivity index (χ2v) is 7.84. The quantitative estimate of drug-likeness (QED) is 0.523. The molecule has 6 nitrogen and oxygen atoms in total. The number of esters is 1. The van der Waals surface area contributed by atoms with Crippen LogP contribution in [0, 0.1) is 11.3 Å². The molecule has 0 unspecified atom stereocenters. The summed E-state index contributed by atoms with van der Waals surface area (Å²) in [6.45, 7) is 0.231. The molecule has 0 saturated heterocycles. The molecule has 4 rings (SSSR count). The molecule has 0 bridgehead atoms. The number of ether oxygens (including phenoxy) is 3. The minimum atomic E-state index is -0.452. The molecule has 0 aromatic heterocycles. The van der Waals surface area contributed by atoms with Gasteiger partial charge in [0, 0.05) is 17.2 Å². The average molecular weight is 443 g/mol. The van der Waals surface area contributed by atoms with Crippen molar-refractivity contribution in [1.29, 1.82) is 5.26 Å². The topological polar surface area (TPSA) is 94.6 Å². The fourth-order valence-electron chi connectivity index (χ4n) is 4.34. The van der Waals surface area contributed by atoms with Gasteiger partial charge in [0.05, 0.1) is 19.2 Å². The number of hydrogen-bond acceptors (Lipinski definition) is 6. The van der Waals surface area contributed by atoms with Crippen LogP contribution in [0.25, 0.3) is 11.1 Å². The summed E-state index contributed by atoms with van der Waals surface area (Å²) in [4.78, 5) is 11.6. The summed E-state index contributed by atoms with van der Waals surface area (Å²) < 4.78 is 17.1. The van der Waals surface area contributed by atoms with Crippen LogP contribution >= 0.6 is 0 Å². The van der Waals surface area contributed by atoms with Crippen molar-refractivity contribution in [3.8, 4) is 28.7 Å². The van der Waals surface area contributed by atoms with Gasteiger partial charge in [0.25, 0.3) is 0 Å². The van der Waals surface area contributed by atoms with Crippen LogP contribution in [0.3, 0.4) is 0 Å². The van der Waals surface area contributed by atoms with Gasteiger partial charge in [0.1, 0.15) is 30.8 Å². The molecule has 0 amide bonds. The van der Waals surface area contributed by atoms with Crippen molar-refractivity contribution in [1.82, 2.24) is 0 Å². The van der Waals surface area contributed by atoms with Crippen LogP contribution in [0.1, 0.15) is 34.2 Å². The van der Waals surface area contributed by atoms with E-state index in [1.54, 1.807) is 7.11 Å². The van der Waals surface area contributed by atoms with Crippen LogP contribution in [0.2, 0.25) is 0 Å². The minimum Gasteiger partial charge on any atom is -0.496 e. The van der Waals surface area contributed by atoms with E-state index in [1.807, 2.05) is 54.6 Å². The Bertz CT molecular complexity index is 1200. The van der Waals surface area contributed by atoms with Crippen LogP contribution in [-0.2, 0) is 35.6 Å². The highest BCUT2D eigenvalue weighted by atomic mass is 16.5. The van der Waals surface area contributed by atoms with E-state index in [9.17, 15) is 10.1 Å². The third kappa shape index (κ3) is 4.69. The Morgan fingerprint density at radius 2 is 1.82 bits per heavy atom. The van der Waals surface area contributed by atoms with Crippen molar-refractivity contribution in [3.05, 3.63) is 82.4 Å². The largest absolute Gasteiger partial charge is 0.496 e. The molecule has 3 aromatic carbocycles. The second-order valence-electron chi connectivity index (χ2n) is 7.84. The highest BCUT2D eigenvalue weighted by molar-refractivity contribution is 5.72. The summed E-state index contributed by atoms with van der Waals surface area (Å²) in [6.07, 6.45) is 2.73. The van der Waals surface area contributed by atoms with Crippen LogP contribution in [0.4, 0.5) is 0 Å². The number of benzene rings is 3. The van der Waals surface area contributed by atoms with Crippen molar-refractivity contribution in [3.63, 3.8) is 0 Å². The summed E-state index contributed by atoms with van der Waals surface area (Å²) in [5.74, 6) is 0.905. The molecule has 0 aliphatic heterocycles. The lowest BCUT2D eigenvalue weighted by Crippen LogP contribution is -2.17. The van der Waals surface area contributed by atoms with Crippen molar-refractivity contribution in [2.75, 3.05) is 13.7 Å². The maximum atomic E-state index is 11.6. The molecular formula is C27H26N2O4. The molecule has 33 heavy (non-hydrogen) atoms. The van der Waals surface area contributed by atoms with Gasteiger partial charge < -0.3 is 19.9 Å². The van der Waals surface area contributed by atoms with Crippen LogP contribution < -0.4 is 15.2 Å². The molecule has 1 aliphatic rings. The summed E-state index contributed by atoms with van der Waals surface area (Å²) in [6, 6.07) is 19.9. The number of nitriles is 1. The Kier molecular flexibility index (Phi) is 6.92. The van der Waals surface area contributed by atoms with Crippen LogP contribution in [0.5, 0.6) is 11.5 Å². The van der Waals surface area contributed by atoms with E-state index in [2.05, 4.69) is 6.07 Å². The first-order valence-corrected chi connectivity index (χ1v) is 10.9. The Morgan fingerprint density at radius 1 is 1.03 bits per heavy atom. The van der Waals surface area contributed by atoms with Gasteiger partial charge >= 0.3 is 5.97 Å². The third-order valence-electron chi connectivity index (χ3n) is 5.93. The monoisotopic (exact) mass is 442 g/mol. The highest BCUT2D eigenvalue weighted by Gasteiger charge is 2.24. The first-order chi connectivity index (χ1) is 16.2. The number of methoxy groups -OCH3 is 1. The molecule has 1 aliphatic carbocycles. The fourth-order valence-corrected chi connectivity index (χ4v) is 4.34. The lowest BCUT2D eigenvalue weighted by Gasteiger charge is -2.18. The van der Waals surface area contributed by atoms with Crippen molar-refractivity contribution >= 4 is 5.97 Å². The van der Waals surface area contributed by atoms with Crippen molar-refractivity contribution < 1.29 is 19.0 Å². The predicted octanol–water partition coefficient (Wildman–Crippen LogP) is 4.30. The summed E-state index contributed by atoms with van der Waals surface area (Å²) in [5, 5.41) is 9.88. The van der Waals surface area contributed by atoms with E-state index in [0.29, 0.717) is 11.3 Å². The zero-order valence-corrected chi connectivity index (χ0v) is 18.6. The van der Waals surface area contributed by atoms with Crippen LogP contribution in [-0.4, -0.2) is 19.6 Å². The number of rotatable bonds is 8. The molecule has 0 heterocycles. The summed E-state index contributed by atoms with van der Waals surface area (Å²) in [5.41, 5.74) is 11.8. The normalized spacial score (nSPS) is 12.0. The minimum absolute atomic E-state index is 0.125. The maximum absolute atomic E-state index is 11.6. The maximum Gasteiger partial charge on any atom is 0.320 e. The first-order valence-electron chi connectivity index (χ1n) is 10.9. The molecule has 0 fully saturated rings. The van der Waals surface area contributed by atoms with Crippen LogP contribution in [0.15, 0.2) is 54.6 Å². The number of nitrogens with two attached hydrogens (primary N) is 1.